The van der Waals surface area contributed by atoms with Gasteiger partial charge in [0.2, 0.25) is 0 Å². The van der Waals surface area contributed by atoms with Gasteiger partial charge in [0, 0.05) is 22.6 Å². The summed E-state index contributed by atoms with van der Waals surface area (Å²) in [7, 11) is 4.24. The molecule has 0 bridgehead atoms. The maximum atomic E-state index is 12.5. The number of quaternary nitrogens is 1. The Morgan fingerprint density at radius 1 is 1.08 bits per heavy atom. The van der Waals surface area contributed by atoms with Gasteiger partial charge in [-0.05, 0) is 17.7 Å². The molecular weight excluding hydrogens is 348 g/mol. The standard InChI is InChI=1S/C20H24N2OS2/c1-22(2)18(15-6-4-3-5-7-15)14-21-19(23)16-8-10-17(11-9-16)20-24-12-13-25-20/h3-11,18,20H,12-14H2,1-2H3,(H,21,23)/p+1/t18-/m1/s1. The van der Waals surface area contributed by atoms with Crippen LogP contribution in [0.4, 0.5) is 0 Å². The molecule has 0 unspecified atom stereocenters. The molecule has 132 valence electrons. The largest absolute Gasteiger partial charge is 0.346 e. The van der Waals surface area contributed by atoms with Crippen molar-refractivity contribution in [3.05, 3.63) is 71.3 Å². The zero-order chi connectivity index (χ0) is 17.6. The third-order valence-corrected chi connectivity index (χ3v) is 7.54. The van der Waals surface area contributed by atoms with Crippen LogP contribution in [0.1, 0.15) is 32.1 Å². The molecule has 0 aromatic heterocycles. The smallest absolute Gasteiger partial charge is 0.251 e. The highest BCUT2D eigenvalue weighted by Gasteiger charge is 2.20. The summed E-state index contributed by atoms with van der Waals surface area (Å²) in [5.74, 6) is 2.43. The molecule has 5 heteroatoms. The lowest BCUT2D eigenvalue weighted by Crippen LogP contribution is -3.07. The minimum absolute atomic E-state index is 0.000425. The van der Waals surface area contributed by atoms with Crippen LogP contribution in [-0.2, 0) is 0 Å². The van der Waals surface area contributed by atoms with Crippen LogP contribution in [0.15, 0.2) is 54.6 Å². The second kappa shape index (κ2) is 8.79. The Kier molecular flexibility index (Phi) is 6.45. The topological polar surface area (TPSA) is 33.5 Å². The molecule has 1 amide bonds. The molecule has 1 aliphatic heterocycles. The molecule has 2 N–H and O–H groups in total. The van der Waals surface area contributed by atoms with Crippen LogP contribution >= 0.6 is 23.5 Å². The quantitative estimate of drug-likeness (QED) is 0.817. The molecule has 2 aromatic rings. The van der Waals surface area contributed by atoms with Crippen LogP contribution < -0.4 is 10.2 Å². The van der Waals surface area contributed by atoms with Gasteiger partial charge in [-0.2, -0.15) is 0 Å². The Balaban J connectivity index is 1.61. The summed E-state index contributed by atoms with van der Waals surface area (Å²) in [6, 6.07) is 18.7. The highest BCUT2D eigenvalue weighted by atomic mass is 32.2. The third kappa shape index (κ3) is 4.81. The molecule has 0 radical (unpaired) electrons. The molecule has 3 nitrogen and oxygen atoms in total. The van der Waals surface area contributed by atoms with E-state index in [2.05, 4.69) is 43.7 Å². The first kappa shape index (κ1) is 18.4. The molecule has 1 fully saturated rings. The van der Waals surface area contributed by atoms with Gasteiger partial charge in [-0.15, -0.1) is 23.5 Å². The van der Waals surface area contributed by atoms with E-state index in [-0.39, 0.29) is 11.9 Å². The number of hydrogen-bond acceptors (Lipinski definition) is 3. The SMILES string of the molecule is C[NH+](C)[C@H](CNC(=O)c1ccc(C2SCCS2)cc1)c1ccccc1. The van der Waals surface area contributed by atoms with Gasteiger partial charge in [0.05, 0.1) is 25.2 Å². The molecule has 25 heavy (non-hydrogen) atoms. The highest BCUT2D eigenvalue weighted by molar-refractivity contribution is 8.19. The van der Waals surface area contributed by atoms with Crippen molar-refractivity contribution in [2.45, 2.75) is 10.6 Å². The molecule has 0 spiro atoms. The van der Waals surface area contributed by atoms with E-state index in [1.54, 1.807) is 0 Å². The van der Waals surface area contributed by atoms with E-state index in [9.17, 15) is 4.79 Å². The van der Waals surface area contributed by atoms with E-state index in [1.165, 1.54) is 27.5 Å². The molecule has 0 saturated carbocycles. The second-order valence-corrected chi connectivity index (χ2v) is 9.17. The highest BCUT2D eigenvalue weighted by Crippen LogP contribution is 2.45. The number of rotatable bonds is 6. The molecule has 1 aliphatic rings. The van der Waals surface area contributed by atoms with Crippen LogP contribution in [0.3, 0.4) is 0 Å². The lowest BCUT2D eigenvalue weighted by atomic mass is 10.1. The number of amides is 1. The van der Waals surface area contributed by atoms with Gasteiger partial charge in [0.25, 0.3) is 5.91 Å². The van der Waals surface area contributed by atoms with Gasteiger partial charge < -0.3 is 10.2 Å². The van der Waals surface area contributed by atoms with E-state index in [0.717, 1.165) is 5.56 Å². The predicted octanol–water partition coefficient (Wildman–Crippen LogP) is 2.78. The van der Waals surface area contributed by atoms with Gasteiger partial charge in [0.1, 0.15) is 6.04 Å². The fourth-order valence-electron chi connectivity index (χ4n) is 2.98. The van der Waals surface area contributed by atoms with Crippen molar-refractivity contribution >= 4 is 29.4 Å². The summed E-state index contributed by atoms with van der Waals surface area (Å²) in [5.41, 5.74) is 3.29. The number of carbonyl (C=O) groups is 1. The van der Waals surface area contributed by atoms with Crippen molar-refractivity contribution in [3.8, 4) is 0 Å². The Labute approximate surface area is 158 Å². The van der Waals surface area contributed by atoms with Crippen molar-refractivity contribution in [3.63, 3.8) is 0 Å². The first-order valence-corrected chi connectivity index (χ1v) is 10.7. The normalized spacial score (nSPS) is 16.1. The van der Waals surface area contributed by atoms with E-state index in [0.29, 0.717) is 11.1 Å². The number of likely N-dealkylation sites (N-methyl/N-ethyl adjacent to an activating group) is 1. The molecule has 1 saturated heterocycles. The summed E-state index contributed by atoms with van der Waals surface area (Å²) >= 11 is 3.97. The number of benzene rings is 2. The minimum atomic E-state index is 0.000425. The maximum Gasteiger partial charge on any atom is 0.251 e. The fourth-order valence-corrected chi connectivity index (χ4v) is 5.84. The Morgan fingerprint density at radius 2 is 1.72 bits per heavy atom. The van der Waals surface area contributed by atoms with Crippen LogP contribution in [0.2, 0.25) is 0 Å². The average Bonchev–Trinajstić information content (AvgIpc) is 3.17. The van der Waals surface area contributed by atoms with Gasteiger partial charge >= 0.3 is 0 Å². The van der Waals surface area contributed by atoms with Crippen molar-refractivity contribution in [2.24, 2.45) is 0 Å². The molecule has 1 atom stereocenters. The van der Waals surface area contributed by atoms with E-state index >= 15 is 0 Å². The van der Waals surface area contributed by atoms with Gasteiger partial charge in [0.15, 0.2) is 0 Å². The summed E-state index contributed by atoms with van der Waals surface area (Å²) in [6.45, 7) is 0.626. The number of hydrogen-bond donors (Lipinski definition) is 2. The lowest BCUT2D eigenvalue weighted by molar-refractivity contribution is -0.890. The first-order chi connectivity index (χ1) is 12.1. The molecule has 2 aromatic carbocycles. The molecule has 3 rings (SSSR count). The molecular formula is C20H25N2OS2+. The minimum Gasteiger partial charge on any atom is -0.346 e. The zero-order valence-electron chi connectivity index (χ0n) is 14.7. The summed E-state index contributed by atoms with van der Waals surface area (Å²) in [4.78, 5) is 13.8. The fraction of sp³-hybridized carbons (Fsp3) is 0.350. The number of thioether (sulfide) groups is 2. The third-order valence-electron chi connectivity index (χ3n) is 4.43. The summed E-state index contributed by atoms with van der Waals surface area (Å²) < 4.78 is 0.525. The number of nitrogens with one attached hydrogen (secondary N) is 2. The maximum absolute atomic E-state index is 12.5. The van der Waals surface area contributed by atoms with Crippen LogP contribution in [-0.4, -0.2) is 38.1 Å². The monoisotopic (exact) mass is 373 g/mol. The van der Waals surface area contributed by atoms with Gasteiger partial charge in [-0.1, -0.05) is 42.5 Å². The average molecular weight is 374 g/mol. The van der Waals surface area contributed by atoms with Crippen LogP contribution in [0, 0.1) is 0 Å². The number of carbonyl (C=O) groups excluding carboxylic acids is 1. The second-order valence-electron chi connectivity index (χ2n) is 6.45. The van der Waals surface area contributed by atoms with Crippen molar-refractivity contribution < 1.29 is 9.69 Å². The summed E-state index contributed by atoms with van der Waals surface area (Å²) in [6.07, 6.45) is 0. The predicted molar refractivity (Wildman–Crippen MR) is 108 cm³/mol. The van der Waals surface area contributed by atoms with Crippen molar-refractivity contribution in [2.75, 3.05) is 32.1 Å². The van der Waals surface area contributed by atoms with Crippen LogP contribution in [0.5, 0.6) is 0 Å². The lowest BCUT2D eigenvalue weighted by Gasteiger charge is -2.22. The van der Waals surface area contributed by atoms with E-state index in [1.807, 2.05) is 53.9 Å². The van der Waals surface area contributed by atoms with Gasteiger partial charge in [-0.25, -0.2) is 0 Å². The van der Waals surface area contributed by atoms with Crippen LogP contribution in [0.25, 0.3) is 0 Å². The first-order valence-electron chi connectivity index (χ1n) is 8.61. The van der Waals surface area contributed by atoms with Gasteiger partial charge in [-0.3, -0.25) is 4.79 Å². The molecule has 0 aliphatic carbocycles. The molecule has 1 heterocycles. The Morgan fingerprint density at radius 3 is 2.32 bits per heavy atom. The van der Waals surface area contributed by atoms with E-state index in [4.69, 9.17) is 0 Å². The zero-order valence-corrected chi connectivity index (χ0v) is 16.3. The Bertz CT molecular complexity index is 683. The Hall–Kier alpha value is -1.43. The van der Waals surface area contributed by atoms with E-state index < -0.39 is 0 Å². The summed E-state index contributed by atoms with van der Waals surface area (Å²) in [5, 5.41) is 3.10. The van der Waals surface area contributed by atoms with Crippen molar-refractivity contribution in [1.29, 1.82) is 0 Å². The van der Waals surface area contributed by atoms with Crippen molar-refractivity contribution in [1.82, 2.24) is 5.32 Å².